The predicted molar refractivity (Wildman–Crippen MR) is 66.4 cm³/mol. The Kier molecular flexibility index (Phi) is 3.48. The van der Waals surface area contributed by atoms with Crippen LogP contribution < -0.4 is 10.1 Å². The van der Waals surface area contributed by atoms with Gasteiger partial charge in [0.15, 0.2) is 0 Å². The lowest BCUT2D eigenvalue weighted by Gasteiger charge is -2.24. The molecule has 1 aromatic carbocycles. The van der Waals surface area contributed by atoms with Gasteiger partial charge in [-0.25, -0.2) is 4.39 Å². The minimum Gasteiger partial charge on any atom is -0.488 e. The zero-order valence-electron chi connectivity index (χ0n) is 10.3. The number of ether oxygens (including phenoxy) is 2. The summed E-state index contributed by atoms with van der Waals surface area (Å²) in [7, 11) is 0. The quantitative estimate of drug-likeness (QED) is 0.890. The lowest BCUT2D eigenvalue weighted by Crippen LogP contribution is -2.41. The number of fused-ring (bicyclic) bond motifs is 1. The summed E-state index contributed by atoms with van der Waals surface area (Å²) in [6.45, 7) is 2.46. The van der Waals surface area contributed by atoms with E-state index in [2.05, 4.69) is 5.32 Å². The summed E-state index contributed by atoms with van der Waals surface area (Å²) in [6.07, 6.45) is 3.18. The highest BCUT2D eigenvalue weighted by molar-refractivity contribution is 5.37. The Morgan fingerprint density at radius 2 is 2.33 bits per heavy atom. The van der Waals surface area contributed by atoms with E-state index in [1.54, 1.807) is 12.1 Å². The molecule has 0 spiro atoms. The van der Waals surface area contributed by atoms with Crippen molar-refractivity contribution in [2.24, 2.45) is 0 Å². The van der Waals surface area contributed by atoms with E-state index in [-0.39, 0.29) is 11.9 Å². The average Bonchev–Trinajstić information content (AvgIpc) is 2.79. The molecule has 1 aromatic rings. The molecule has 2 aliphatic rings. The molecule has 1 N–H and O–H groups in total. The van der Waals surface area contributed by atoms with E-state index in [4.69, 9.17) is 9.47 Å². The van der Waals surface area contributed by atoms with Gasteiger partial charge in [0.05, 0.1) is 6.61 Å². The lowest BCUT2D eigenvalue weighted by molar-refractivity contribution is 0.0666. The lowest BCUT2D eigenvalue weighted by atomic mass is 10.1. The molecule has 4 heteroatoms. The van der Waals surface area contributed by atoms with E-state index in [0.717, 1.165) is 50.3 Å². The molecule has 2 heterocycles. The van der Waals surface area contributed by atoms with E-state index in [1.165, 1.54) is 6.07 Å². The Balaban J connectivity index is 1.51. The van der Waals surface area contributed by atoms with Gasteiger partial charge in [0.2, 0.25) is 0 Å². The summed E-state index contributed by atoms with van der Waals surface area (Å²) in [6, 6.07) is 5.17. The molecular weight excluding hydrogens is 233 g/mol. The first kappa shape index (κ1) is 11.9. The number of benzene rings is 1. The number of hydrogen-bond acceptors (Lipinski definition) is 3. The Morgan fingerprint density at radius 1 is 1.39 bits per heavy atom. The van der Waals surface area contributed by atoms with Gasteiger partial charge in [-0.05, 0) is 31.0 Å². The monoisotopic (exact) mass is 251 g/mol. The fourth-order valence-corrected chi connectivity index (χ4v) is 2.60. The molecule has 2 atom stereocenters. The van der Waals surface area contributed by atoms with Crippen LogP contribution in [0.2, 0.25) is 0 Å². The van der Waals surface area contributed by atoms with Crippen LogP contribution in [0.3, 0.4) is 0 Å². The number of rotatable bonds is 3. The maximum absolute atomic E-state index is 13.1. The van der Waals surface area contributed by atoms with Crippen molar-refractivity contribution >= 4 is 0 Å². The van der Waals surface area contributed by atoms with Gasteiger partial charge >= 0.3 is 0 Å². The van der Waals surface area contributed by atoms with Crippen LogP contribution in [0, 0.1) is 5.82 Å². The van der Waals surface area contributed by atoms with Gasteiger partial charge in [0.25, 0.3) is 0 Å². The van der Waals surface area contributed by atoms with Crippen LogP contribution in [0.5, 0.6) is 5.75 Å². The Bertz CT molecular complexity index is 418. The van der Waals surface area contributed by atoms with Gasteiger partial charge in [0, 0.05) is 31.2 Å². The third-order valence-corrected chi connectivity index (χ3v) is 3.56. The molecule has 1 saturated heterocycles. The predicted octanol–water partition coefficient (Wildman–Crippen LogP) is 1.90. The largest absolute Gasteiger partial charge is 0.488 e. The van der Waals surface area contributed by atoms with Crippen molar-refractivity contribution in [3.63, 3.8) is 0 Å². The first-order chi connectivity index (χ1) is 8.81. The zero-order valence-corrected chi connectivity index (χ0v) is 10.3. The number of hydrogen-bond donors (Lipinski definition) is 1. The molecule has 98 valence electrons. The van der Waals surface area contributed by atoms with E-state index in [1.807, 2.05) is 0 Å². The Hall–Kier alpha value is -1.13. The molecule has 2 unspecified atom stereocenters. The van der Waals surface area contributed by atoms with Gasteiger partial charge in [-0.2, -0.15) is 0 Å². The van der Waals surface area contributed by atoms with Crippen LogP contribution in [0.1, 0.15) is 18.4 Å². The molecular formula is C14H18FNO2. The van der Waals surface area contributed by atoms with Crippen molar-refractivity contribution in [2.45, 2.75) is 31.4 Å². The summed E-state index contributed by atoms with van der Waals surface area (Å²) in [5, 5.41) is 3.47. The highest BCUT2D eigenvalue weighted by Gasteiger charge is 2.24. The molecule has 3 nitrogen and oxygen atoms in total. The maximum atomic E-state index is 13.1. The normalized spacial score (nSPS) is 26.7. The first-order valence-corrected chi connectivity index (χ1v) is 6.57. The second kappa shape index (κ2) is 5.24. The molecule has 0 aliphatic carbocycles. The van der Waals surface area contributed by atoms with Crippen molar-refractivity contribution in [1.29, 1.82) is 0 Å². The highest BCUT2D eigenvalue weighted by atomic mass is 19.1. The second-order valence-corrected chi connectivity index (χ2v) is 5.02. The molecule has 0 radical (unpaired) electrons. The van der Waals surface area contributed by atoms with Crippen molar-refractivity contribution in [3.05, 3.63) is 29.6 Å². The maximum Gasteiger partial charge on any atom is 0.123 e. The highest BCUT2D eigenvalue weighted by Crippen LogP contribution is 2.29. The van der Waals surface area contributed by atoms with Gasteiger partial charge < -0.3 is 14.8 Å². The standard InChI is InChI=1S/C14H18FNO2/c15-11-3-4-14-10(6-11)7-13(18-14)8-16-12-2-1-5-17-9-12/h3-4,6,12-13,16H,1-2,5,7-9H2. The smallest absolute Gasteiger partial charge is 0.123 e. The van der Waals surface area contributed by atoms with Crippen molar-refractivity contribution in [1.82, 2.24) is 5.32 Å². The fraction of sp³-hybridized carbons (Fsp3) is 0.571. The Morgan fingerprint density at radius 3 is 3.17 bits per heavy atom. The molecule has 0 bridgehead atoms. The molecule has 2 aliphatic heterocycles. The van der Waals surface area contributed by atoms with Gasteiger partial charge in [-0.3, -0.25) is 0 Å². The van der Waals surface area contributed by atoms with Crippen molar-refractivity contribution in [2.75, 3.05) is 19.8 Å². The summed E-state index contributed by atoms with van der Waals surface area (Å²) in [4.78, 5) is 0. The van der Waals surface area contributed by atoms with Gasteiger partial charge in [-0.1, -0.05) is 0 Å². The fourth-order valence-electron chi connectivity index (χ4n) is 2.60. The first-order valence-electron chi connectivity index (χ1n) is 6.57. The SMILES string of the molecule is Fc1ccc2c(c1)CC(CNC1CCCOC1)O2. The van der Waals surface area contributed by atoms with Crippen LogP contribution in [0.15, 0.2) is 18.2 Å². The second-order valence-electron chi connectivity index (χ2n) is 5.02. The molecule has 0 aromatic heterocycles. The summed E-state index contributed by atoms with van der Waals surface area (Å²) < 4.78 is 24.3. The van der Waals surface area contributed by atoms with Crippen LogP contribution in [-0.2, 0) is 11.2 Å². The van der Waals surface area contributed by atoms with E-state index in [0.29, 0.717) is 6.04 Å². The van der Waals surface area contributed by atoms with Crippen LogP contribution >= 0.6 is 0 Å². The molecule has 1 fully saturated rings. The average molecular weight is 251 g/mol. The zero-order chi connectivity index (χ0) is 12.4. The minimum atomic E-state index is -0.188. The molecule has 0 saturated carbocycles. The minimum absolute atomic E-state index is 0.115. The van der Waals surface area contributed by atoms with Crippen LogP contribution in [-0.4, -0.2) is 31.9 Å². The van der Waals surface area contributed by atoms with Gasteiger partial charge in [-0.15, -0.1) is 0 Å². The molecule has 3 rings (SSSR count). The number of nitrogens with one attached hydrogen (secondary N) is 1. The third kappa shape index (κ3) is 2.65. The number of halogens is 1. The summed E-state index contributed by atoms with van der Waals surface area (Å²) >= 11 is 0. The molecule has 0 amide bonds. The third-order valence-electron chi connectivity index (χ3n) is 3.56. The van der Waals surface area contributed by atoms with E-state index < -0.39 is 0 Å². The summed E-state index contributed by atoms with van der Waals surface area (Å²) in [5.41, 5.74) is 0.974. The van der Waals surface area contributed by atoms with Crippen molar-refractivity contribution in [3.8, 4) is 5.75 Å². The van der Waals surface area contributed by atoms with Gasteiger partial charge in [0.1, 0.15) is 17.7 Å². The van der Waals surface area contributed by atoms with Crippen molar-refractivity contribution < 1.29 is 13.9 Å². The van der Waals surface area contributed by atoms with E-state index >= 15 is 0 Å². The van der Waals surface area contributed by atoms with Crippen LogP contribution in [0.25, 0.3) is 0 Å². The van der Waals surface area contributed by atoms with E-state index in [9.17, 15) is 4.39 Å². The Labute approximate surface area is 106 Å². The molecule has 18 heavy (non-hydrogen) atoms. The van der Waals surface area contributed by atoms with Crippen LogP contribution in [0.4, 0.5) is 4.39 Å². The summed E-state index contributed by atoms with van der Waals surface area (Å²) in [5.74, 6) is 0.634. The topological polar surface area (TPSA) is 30.5 Å².